The topological polar surface area (TPSA) is 100 Å². The Balaban J connectivity index is 1.88. The van der Waals surface area contributed by atoms with Gasteiger partial charge in [0.2, 0.25) is 0 Å². The van der Waals surface area contributed by atoms with Crippen LogP contribution in [0.2, 0.25) is 0 Å². The summed E-state index contributed by atoms with van der Waals surface area (Å²) in [5.41, 5.74) is 4.88. The predicted octanol–water partition coefficient (Wildman–Crippen LogP) is 1.90. The molecule has 2 aromatic carbocycles. The van der Waals surface area contributed by atoms with Crippen molar-refractivity contribution in [3.05, 3.63) is 58.7 Å². The van der Waals surface area contributed by atoms with Crippen molar-refractivity contribution in [3.8, 4) is 11.5 Å². The molecule has 0 saturated carbocycles. The molecular formula is C19H21N3O4. The van der Waals surface area contributed by atoms with Gasteiger partial charge in [0.1, 0.15) is 11.5 Å². The first kappa shape index (κ1) is 19.0. The van der Waals surface area contributed by atoms with Crippen molar-refractivity contribution in [2.24, 2.45) is 5.10 Å². The largest absolute Gasteiger partial charge is 0.507 e. The zero-order chi connectivity index (χ0) is 19.1. The summed E-state index contributed by atoms with van der Waals surface area (Å²) in [6.07, 6.45) is 1.47. The summed E-state index contributed by atoms with van der Waals surface area (Å²) in [4.78, 5) is 23.9. The van der Waals surface area contributed by atoms with E-state index in [1.54, 1.807) is 50.2 Å². The third-order valence-corrected chi connectivity index (χ3v) is 3.68. The maximum absolute atomic E-state index is 12.1. The lowest BCUT2D eigenvalue weighted by atomic mass is 10.1. The van der Waals surface area contributed by atoms with Crippen LogP contribution in [0.3, 0.4) is 0 Å². The Bertz CT molecular complexity index is 823. The second kappa shape index (κ2) is 8.66. The smallest absolute Gasteiger partial charge is 0.259 e. The minimum Gasteiger partial charge on any atom is -0.507 e. The molecule has 7 heteroatoms. The molecule has 0 aliphatic heterocycles. The molecule has 2 amide bonds. The van der Waals surface area contributed by atoms with Gasteiger partial charge in [-0.25, -0.2) is 5.43 Å². The van der Waals surface area contributed by atoms with Gasteiger partial charge in [0, 0.05) is 0 Å². The van der Waals surface area contributed by atoms with Crippen LogP contribution in [0, 0.1) is 13.8 Å². The number of aromatic hydroxyl groups is 1. The lowest BCUT2D eigenvalue weighted by molar-refractivity contribution is -0.120. The quantitative estimate of drug-likeness (QED) is 0.544. The highest BCUT2D eigenvalue weighted by atomic mass is 16.5. The van der Waals surface area contributed by atoms with Crippen LogP contribution in [0.4, 0.5) is 0 Å². The number of nitrogens with zero attached hydrogens (tertiary/aromatic N) is 1. The molecule has 0 aliphatic carbocycles. The second-order valence-electron chi connectivity index (χ2n) is 5.68. The van der Waals surface area contributed by atoms with Gasteiger partial charge in [-0.1, -0.05) is 12.1 Å². The van der Waals surface area contributed by atoms with Crippen LogP contribution in [0.15, 0.2) is 41.5 Å². The van der Waals surface area contributed by atoms with E-state index in [0.29, 0.717) is 11.3 Å². The number of methoxy groups -OCH3 is 1. The van der Waals surface area contributed by atoms with Gasteiger partial charge in [-0.2, -0.15) is 5.10 Å². The van der Waals surface area contributed by atoms with Gasteiger partial charge in [0.25, 0.3) is 11.8 Å². The maximum atomic E-state index is 12.1. The Hall–Kier alpha value is -3.35. The van der Waals surface area contributed by atoms with Crippen LogP contribution >= 0.6 is 0 Å². The summed E-state index contributed by atoms with van der Waals surface area (Å²) in [6.45, 7) is 3.35. The molecular weight excluding hydrogens is 334 g/mol. The molecule has 0 unspecified atom stereocenters. The monoisotopic (exact) mass is 355 g/mol. The zero-order valence-corrected chi connectivity index (χ0v) is 14.9. The first-order valence-corrected chi connectivity index (χ1v) is 7.95. The van der Waals surface area contributed by atoms with E-state index in [1.807, 2.05) is 0 Å². The van der Waals surface area contributed by atoms with E-state index in [4.69, 9.17) is 4.74 Å². The molecule has 0 bridgehead atoms. The second-order valence-corrected chi connectivity index (χ2v) is 5.68. The number of para-hydroxylation sites is 1. The van der Waals surface area contributed by atoms with Gasteiger partial charge in [-0.3, -0.25) is 9.59 Å². The molecule has 0 atom stereocenters. The van der Waals surface area contributed by atoms with Crippen molar-refractivity contribution in [1.29, 1.82) is 0 Å². The fraction of sp³-hybridized carbons (Fsp3) is 0.211. The van der Waals surface area contributed by atoms with E-state index < -0.39 is 11.8 Å². The van der Waals surface area contributed by atoms with Gasteiger partial charge in [-0.05, 0) is 54.8 Å². The molecule has 2 rings (SSSR count). The third kappa shape index (κ3) is 4.83. The number of nitrogens with one attached hydrogen (secondary N) is 2. The van der Waals surface area contributed by atoms with E-state index in [2.05, 4.69) is 15.8 Å². The van der Waals surface area contributed by atoms with Crippen molar-refractivity contribution in [2.75, 3.05) is 13.7 Å². The van der Waals surface area contributed by atoms with E-state index in [9.17, 15) is 14.7 Å². The summed E-state index contributed by atoms with van der Waals surface area (Å²) >= 11 is 0. The number of aryl methyl sites for hydroxylation is 2. The number of hydrazone groups is 1. The molecule has 3 N–H and O–H groups in total. The van der Waals surface area contributed by atoms with Gasteiger partial charge in [-0.15, -0.1) is 0 Å². The number of hydrogen-bond acceptors (Lipinski definition) is 5. The molecule has 7 nitrogen and oxygen atoms in total. The summed E-state index contributed by atoms with van der Waals surface area (Å²) in [5, 5.41) is 16.1. The summed E-state index contributed by atoms with van der Waals surface area (Å²) in [6, 6.07) is 10.2. The van der Waals surface area contributed by atoms with Crippen molar-refractivity contribution < 1.29 is 19.4 Å². The molecule has 26 heavy (non-hydrogen) atoms. The average Bonchev–Trinajstić information content (AvgIpc) is 2.64. The number of benzene rings is 2. The molecule has 0 heterocycles. The Morgan fingerprint density at radius 1 is 1.19 bits per heavy atom. The number of carbonyl (C=O) groups is 2. The number of phenolic OH excluding ortho intramolecular Hbond substituents is 1. The van der Waals surface area contributed by atoms with Crippen LogP contribution < -0.4 is 15.5 Å². The van der Waals surface area contributed by atoms with Crippen molar-refractivity contribution in [2.45, 2.75) is 13.8 Å². The Morgan fingerprint density at radius 3 is 2.50 bits per heavy atom. The fourth-order valence-corrected chi connectivity index (χ4v) is 2.37. The van der Waals surface area contributed by atoms with Gasteiger partial charge >= 0.3 is 0 Å². The van der Waals surface area contributed by atoms with Gasteiger partial charge in [0.05, 0.1) is 25.4 Å². The van der Waals surface area contributed by atoms with E-state index in [-0.39, 0.29) is 12.3 Å². The molecule has 136 valence electrons. The highest BCUT2D eigenvalue weighted by molar-refractivity contribution is 5.98. The van der Waals surface area contributed by atoms with Crippen molar-refractivity contribution in [1.82, 2.24) is 10.7 Å². The number of hydrogen-bond donors (Lipinski definition) is 3. The average molecular weight is 355 g/mol. The number of carbonyl (C=O) groups excluding carboxylic acids is 2. The van der Waals surface area contributed by atoms with E-state index in [1.165, 1.54) is 13.3 Å². The molecule has 0 aromatic heterocycles. The molecule has 0 radical (unpaired) electrons. The van der Waals surface area contributed by atoms with Crippen LogP contribution in [-0.4, -0.2) is 36.8 Å². The van der Waals surface area contributed by atoms with E-state index >= 15 is 0 Å². The Kier molecular flexibility index (Phi) is 6.32. The molecule has 2 aromatic rings. The number of rotatable bonds is 6. The molecule has 0 aliphatic rings. The predicted molar refractivity (Wildman–Crippen MR) is 98.6 cm³/mol. The normalized spacial score (nSPS) is 10.6. The van der Waals surface area contributed by atoms with Crippen LogP contribution in [0.1, 0.15) is 27.0 Å². The van der Waals surface area contributed by atoms with Crippen molar-refractivity contribution in [3.63, 3.8) is 0 Å². The number of phenols is 1. The molecule has 0 spiro atoms. The minimum atomic E-state index is -0.461. The first-order chi connectivity index (χ1) is 12.4. The van der Waals surface area contributed by atoms with Crippen molar-refractivity contribution >= 4 is 18.0 Å². The van der Waals surface area contributed by atoms with Crippen LogP contribution in [0.5, 0.6) is 11.5 Å². The molecule has 0 saturated heterocycles. The Labute approximate surface area is 151 Å². The third-order valence-electron chi connectivity index (χ3n) is 3.68. The first-order valence-electron chi connectivity index (χ1n) is 7.95. The van der Waals surface area contributed by atoms with Crippen LogP contribution in [0.25, 0.3) is 0 Å². The molecule has 0 fully saturated rings. The maximum Gasteiger partial charge on any atom is 0.259 e. The summed E-state index contributed by atoms with van der Waals surface area (Å²) in [5.74, 6) is -0.199. The highest BCUT2D eigenvalue weighted by Gasteiger charge is 2.12. The zero-order valence-electron chi connectivity index (χ0n) is 14.9. The Morgan fingerprint density at radius 2 is 1.85 bits per heavy atom. The van der Waals surface area contributed by atoms with Gasteiger partial charge in [0.15, 0.2) is 0 Å². The standard InChI is InChI=1S/C19H21N3O4/c1-12-8-14(9-13(2)18(12)24)10-21-22-17(23)11-20-19(25)15-6-4-5-7-16(15)26-3/h4-10,24H,11H2,1-3H3,(H,20,25)(H,22,23). The number of ether oxygens (including phenoxy) is 1. The SMILES string of the molecule is COc1ccccc1C(=O)NCC(=O)NN=Cc1cc(C)c(O)c(C)c1. The van der Waals surface area contributed by atoms with Crippen LogP contribution in [-0.2, 0) is 4.79 Å². The number of amides is 2. The van der Waals surface area contributed by atoms with E-state index in [0.717, 1.165) is 16.7 Å². The highest BCUT2D eigenvalue weighted by Crippen LogP contribution is 2.22. The van der Waals surface area contributed by atoms with Gasteiger partial charge < -0.3 is 15.2 Å². The lowest BCUT2D eigenvalue weighted by Gasteiger charge is -2.08. The summed E-state index contributed by atoms with van der Waals surface area (Å²) < 4.78 is 5.11. The minimum absolute atomic E-state index is 0.220. The lowest BCUT2D eigenvalue weighted by Crippen LogP contribution is -2.35. The summed E-state index contributed by atoms with van der Waals surface area (Å²) in [7, 11) is 1.47. The fourth-order valence-electron chi connectivity index (χ4n) is 2.37.